The summed E-state index contributed by atoms with van der Waals surface area (Å²) >= 11 is 0. The summed E-state index contributed by atoms with van der Waals surface area (Å²) < 4.78 is 5.55. The van der Waals surface area contributed by atoms with Gasteiger partial charge in [-0.2, -0.15) is 0 Å². The third-order valence-corrected chi connectivity index (χ3v) is 3.97. The Labute approximate surface area is 154 Å². The number of carbonyl (C=O) groups excluding carboxylic acids is 2. The lowest BCUT2D eigenvalue weighted by Gasteiger charge is -2.07. The molecule has 0 radical (unpaired) electrons. The van der Waals surface area contributed by atoms with Crippen LogP contribution in [0.5, 0.6) is 0 Å². The Hall–Kier alpha value is -3.93. The van der Waals surface area contributed by atoms with Crippen LogP contribution < -0.4 is 10.6 Å². The molecule has 0 aliphatic heterocycles. The van der Waals surface area contributed by atoms with Crippen molar-refractivity contribution in [1.82, 2.24) is 4.98 Å². The van der Waals surface area contributed by atoms with Crippen molar-refractivity contribution in [2.45, 2.75) is 0 Å². The molecule has 2 N–H and O–H groups in total. The zero-order chi connectivity index (χ0) is 18.6. The van der Waals surface area contributed by atoms with Crippen molar-refractivity contribution in [3.05, 3.63) is 90.4 Å². The fourth-order valence-corrected chi connectivity index (χ4v) is 2.62. The second-order valence-electron chi connectivity index (χ2n) is 5.88. The number of hydrogen-bond donors (Lipinski definition) is 2. The van der Waals surface area contributed by atoms with Gasteiger partial charge in [-0.1, -0.05) is 18.2 Å². The molecule has 0 spiro atoms. The Morgan fingerprint density at radius 2 is 1.52 bits per heavy atom. The van der Waals surface area contributed by atoms with Gasteiger partial charge in [0.25, 0.3) is 11.8 Å². The number of fused-ring (bicyclic) bond motifs is 1. The van der Waals surface area contributed by atoms with E-state index in [0.717, 1.165) is 5.39 Å². The largest absolute Gasteiger partial charge is 0.451 e. The van der Waals surface area contributed by atoms with E-state index in [1.807, 2.05) is 24.3 Å². The van der Waals surface area contributed by atoms with Gasteiger partial charge < -0.3 is 15.1 Å². The second kappa shape index (κ2) is 7.13. The number of pyridine rings is 1. The number of carbonyl (C=O) groups is 2. The van der Waals surface area contributed by atoms with Gasteiger partial charge in [-0.25, -0.2) is 0 Å². The average Bonchev–Trinajstić information content (AvgIpc) is 3.14. The Morgan fingerprint density at radius 3 is 2.19 bits per heavy atom. The lowest BCUT2D eigenvalue weighted by atomic mass is 10.2. The molecular formula is C21H15N3O3. The van der Waals surface area contributed by atoms with E-state index in [1.54, 1.807) is 48.7 Å². The molecule has 0 bridgehead atoms. The van der Waals surface area contributed by atoms with Crippen LogP contribution in [0.1, 0.15) is 20.9 Å². The topological polar surface area (TPSA) is 84.2 Å². The van der Waals surface area contributed by atoms with Crippen molar-refractivity contribution < 1.29 is 14.0 Å². The zero-order valence-corrected chi connectivity index (χ0v) is 14.2. The number of furan rings is 1. The summed E-state index contributed by atoms with van der Waals surface area (Å²) in [6.07, 6.45) is 3.10. The van der Waals surface area contributed by atoms with E-state index < -0.39 is 0 Å². The molecule has 2 aromatic heterocycles. The van der Waals surface area contributed by atoms with Crippen molar-refractivity contribution in [2.24, 2.45) is 0 Å². The van der Waals surface area contributed by atoms with Gasteiger partial charge in [-0.15, -0.1) is 0 Å². The summed E-state index contributed by atoms with van der Waals surface area (Å²) in [6, 6.07) is 19.4. The van der Waals surface area contributed by atoms with Crippen molar-refractivity contribution >= 4 is 34.2 Å². The fourth-order valence-electron chi connectivity index (χ4n) is 2.62. The molecule has 0 saturated heterocycles. The molecule has 0 unspecified atom stereocenters. The van der Waals surface area contributed by atoms with Gasteiger partial charge >= 0.3 is 0 Å². The number of amides is 2. The van der Waals surface area contributed by atoms with Crippen LogP contribution in [0.15, 0.2) is 83.5 Å². The molecule has 2 aromatic carbocycles. The molecule has 0 aliphatic carbocycles. The maximum Gasteiger partial charge on any atom is 0.291 e. The molecule has 2 heterocycles. The van der Waals surface area contributed by atoms with Crippen LogP contribution in [0.25, 0.3) is 11.0 Å². The first kappa shape index (κ1) is 16.5. The van der Waals surface area contributed by atoms with Crippen LogP contribution in [0.2, 0.25) is 0 Å². The smallest absolute Gasteiger partial charge is 0.291 e. The summed E-state index contributed by atoms with van der Waals surface area (Å²) in [6.45, 7) is 0. The number of hydrogen-bond acceptors (Lipinski definition) is 4. The number of para-hydroxylation sites is 1. The zero-order valence-electron chi connectivity index (χ0n) is 14.2. The van der Waals surface area contributed by atoms with E-state index in [2.05, 4.69) is 15.6 Å². The molecule has 0 aliphatic rings. The molecule has 27 heavy (non-hydrogen) atoms. The quantitative estimate of drug-likeness (QED) is 0.569. The van der Waals surface area contributed by atoms with Gasteiger partial charge in [0.2, 0.25) is 0 Å². The molecule has 0 fully saturated rings. The van der Waals surface area contributed by atoms with Crippen molar-refractivity contribution in [2.75, 3.05) is 10.6 Å². The van der Waals surface area contributed by atoms with Gasteiger partial charge in [-0.05, 0) is 48.5 Å². The average molecular weight is 357 g/mol. The van der Waals surface area contributed by atoms with E-state index in [1.165, 1.54) is 6.20 Å². The van der Waals surface area contributed by atoms with Crippen LogP contribution in [-0.4, -0.2) is 16.8 Å². The fraction of sp³-hybridized carbons (Fsp3) is 0. The highest BCUT2D eigenvalue weighted by molar-refractivity contribution is 6.05. The highest BCUT2D eigenvalue weighted by atomic mass is 16.3. The summed E-state index contributed by atoms with van der Waals surface area (Å²) in [5, 5.41) is 6.43. The number of nitrogens with one attached hydrogen (secondary N) is 2. The van der Waals surface area contributed by atoms with Crippen molar-refractivity contribution in [3.63, 3.8) is 0 Å². The van der Waals surface area contributed by atoms with Gasteiger partial charge in [0.1, 0.15) is 5.58 Å². The van der Waals surface area contributed by atoms with Crippen LogP contribution in [0.3, 0.4) is 0 Å². The Morgan fingerprint density at radius 1 is 0.815 bits per heavy atom. The van der Waals surface area contributed by atoms with E-state index in [-0.39, 0.29) is 17.6 Å². The number of anilines is 2. The molecule has 4 rings (SSSR count). The minimum atomic E-state index is -0.335. The van der Waals surface area contributed by atoms with Gasteiger partial charge in [0, 0.05) is 29.2 Å². The highest BCUT2D eigenvalue weighted by Crippen LogP contribution is 2.20. The van der Waals surface area contributed by atoms with Gasteiger partial charge in [0.15, 0.2) is 5.76 Å². The minimum absolute atomic E-state index is 0.241. The number of rotatable bonds is 4. The standard InChI is InChI=1S/C21H15N3O3/c25-20(15-5-3-11-22-13-15)23-16-7-9-17(10-8-16)24-21(26)19-12-14-4-1-2-6-18(14)27-19/h1-13H,(H,23,25)(H,24,26). The lowest BCUT2D eigenvalue weighted by molar-refractivity contribution is 0.0996. The number of benzene rings is 2. The van der Waals surface area contributed by atoms with Crippen molar-refractivity contribution in [1.29, 1.82) is 0 Å². The summed E-state index contributed by atoms with van der Waals surface area (Å²) in [7, 11) is 0. The molecule has 2 amide bonds. The number of aromatic nitrogens is 1. The predicted molar refractivity (Wildman–Crippen MR) is 103 cm³/mol. The highest BCUT2D eigenvalue weighted by Gasteiger charge is 2.12. The molecular weight excluding hydrogens is 342 g/mol. The van der Waals surface area contributed by atoms with Gasteiger partial charge in [0.05, 0.1) is 5.56 Å². The molecule has 132 valence electrons. The maximum absolute atomic E-state index is 12.3. The monoisotopic (exact) mass is 357 g/mol. The Bertz CT molecular complexity index is 1070. The van der Waals surface area contributed by atoms with Crippen LogP contribution in [0.4, 0.5) is 11.4 Å². The molecule has 0 atom stereocenters. The van der Waals surface area contributed by atoms with E-state index in [9.17, 15) is 9.59 Å². The summed E-state index contributed by atoms with van der Waals surface area (Å²) in [4.78, 5) is 28.4. The summed E-state index contributed by atoms with van der Waals surface area (Å²) in [5.41, 5.74) is 2.35. The van der Waals surface area contributed by atoms with E-state index >= 15 is 0 Å². The normalized spacial score (nSPS) is 10.5. The van der Waals surface area contributed by atoms with Crippen LogP contribution in [0, 0.1) is 0 Å². The second-order valence-corrected chi connectivity index (χ2v) is 5.88. The minimum Gasteiger partial charge on any atom is -0.451 e. The van der Waals surface area contributed by atoms with Crippen molar-refractivity contribution in [3.8, 4) is 0 Å². The molecule has 0 saturated carbocycles. The Kier molecular flexibility index (Phi) is 4.37. The number of nitrogens with zero attached hydrogens (tertiary/aromatic N) is 1. The van der Waals surface area contributed by atoms with E-state index in [4.69, 9.17) is 4.42 Å². The SMILES string of the molecule is O=C(Nc1ccc(NC(=O)c2cc3ccccc3o2)cc1)c1cccnc1. The third kappa shape index (κ3) is 3.69. The van der Waals surface area contributed by atoms with Gasteiger partial charge in [-0.3, -0.25) is 14.6 Å². The van der Waals surface area contributed by atoms with E-state index in [0.29, 0.717) is 22.5 Å². The molecule has 6 nitrogen and oxygen atoms in total. The predicted octanol–water partition coefficient (Wildman–Crippen LogP) is 4.33. The van der Waals surface area contributed by atoms with Crippen LogP contribution in [-0.2, 0) is 0 Å². The third-order valence-electron chi connectivity index (χ3n) is 3.97. The first-order valence-corrected chi connectivity index (χ1v) is 8.30. The molecule has 6 heteroatoms. The molecule has 4 aromatic rings. The first-order chi connectivity index (χ1) is 13.2. The Balaban J connectivity index is 1.43. The van der Waals surface area contributed by atoms with Crippen LogP contribution >= 0.6 is 0 Å². The first-order valence-electron chi connectivity index (χ1n) is 8.30. The lowest BCUT2D eigenvalue weighted by Crippen LogP contribution is -2.13. The maximum atomic E-state index is 12.3. The summed E-state index contributed by atoms with van der Waals surface area (Å²) in [5.74, 6) is -0.342.